The molecule has 1 heterocycles. The summed E-state index contributed by atoms with van der Waals surface area (Å²) in [6.07, 6.45) is 2.44. The smallest absolute Gasteiger partial charge is 0.309 e. The standard InChI is InChI=1S/C22H34N4O3.HI/c1-5-16(3)25-20(27)19-9-7-8-17(14-19)15-24-22(23-4)26-12-10-18(11-13-26)21(28)29-6-2;/h7-9,14,16,18H,5-6,10-13,15H2,1-4H3,(H,23,24)(H,25,27);1H. The Balaban J connectivity index is 0.00000450. The lowest BCUT2D eigenvalue weighted by Crippen LogP contribution is -2.46. The summed E-state index contributed by atoms with van der Waals surface area (Å²) in [4.78, 5) is 30.8. The molecular weight excluding hydrogens is 495 g/mol. The number of guanidine groups is 1. The van der Waals surface area contributed by atoms with Gasteiger partial charge in [-0.3, -0.25) is 14.6 Å². The second kappa shape index (κ2) is 13.5. The van der Waals surface area contributed by atoms with Crippen molar-refractivity contribution in [1.82, 2.24) is 15.5 Å². The Hall–Kier alpha value is -1.84. The highest BCUT2D eigenvalue weighted by Gasteiger charge is 2.27. The Morgan fingerprint density at radius 3 is 2.57 bits per heavy atom. The fourth-order valence-corrected chi connectivity index (χ4v) is 3.33. The normalized spacial score (nSPS) is 15.7. The second-order valence-corrected chi connectivity index (χ2v) is 7.40. The molecule has 0 aromatic heterocycles. The van der Waals surface area contributed by atoms with E-state index in [1.54, 1.807) is 7.05 Å². The summed E-state index contributed by atoms with van der Waals surface area (Å²) < 4.78 is 5.13. The van der Waals surface area contributed by atoms with E-state index in [4.69, 9.17) is 4.74 Å². The lowest BCUT2D eigenvalue weighted by atomic mass is 9.97. The minimum absolute atomic E-state index is 0. The van der Waals surface area contributed by atoms with Gasteiger partial charge in [-0.2, -0.15) is 0 Å². The minimum atomic E-state index is -0.0948. The van der Waals surface area contributed by atoms with Gasteiger partial charge < -0.3 is 20.3 Å². The number of likely N-dealkylation sites (tertiary alicyclic amines) is 1. The van der Waals surface area contributed by atoms with Gasteiger partial charge in [0.05, 0.1) is 12.5 Å². The number of amides is 1. The zero-order chi connectivity index (χ0) is 21.2. The van der Waals surface area contributed by atoms with Crippen LogP contribution in [0.2, 0.25) is 0 Å². The van der Waals surface area contributed by atoms with Crippen LogP contribution in [0.15, 0.2) is 29.3 Å². The Bertz CT molecular complexity index is 718. The first kappa shape index (κ1) is 26.2. The van der Waals surface area contributed by atoms with Crippen molar-refractivity contribution in [2.24, 2.45) is 10.9 Å². The van der Waals surface area contributed by atoms with E-state index in [2.05, 4.69) is 20.5 Å². The van der Waals surface area contributed by atoms with Crippen molar-refractivity contribution in [3.05, 3.63) is 35.4 Å². The van der Waals surface area contributed by atoms with Crippen LogP contribution in [0.3, 0.4) is 0 Å². The zero-order valence-electron chi connectivity index (χ0n) is 18.4. The SMILES string of the molecule is CCOC(=O)C1CCN(C(=NC)NCc2cccc(C(=O)NC(C)CC)c2)CC1.I. The second-order valence-electron chi connectivity index (χ2n) is 7.40. The van der Waals surface area contributed by atoms with Gasteiger partial charge >= 0.3 is 5.97 Å². The van der Waals surface area contributed by atoms with Crippen LogP contribution in [0.25, 0.3) is 0 Å². The molecule has 168 valence electrons. The van der Waals surface area contributed by atoms with E-state index in [1.165, 1.54) is 0 Å². The average Bonchev–Trinajstić information content (AvgIpc) is 2.74. The third kappa shape index (κ3) is 7.77. The number of halogens is 1. The monoisotopic (exact) mass is 530 g/mol. The highest BCUT2D eigenvalue weighted by Crippen LogP contribution is 2.19. The maximum atomic E-state index is 12.3. The van der Waals surface area contributed by atoms with E-state index in [0.29, 0.717) is 18.7 Å². The predicted octanol–water partition coefficient (Wildman–Crippen LogP) is 3.18. The molecule has 30 heavy (non-hydrogen) atoms. The molecule has 0 saturated carbocycles. The summed E-state index contributed by atoms with van der Waals surface area (Å²) in [6, 6.07) is 7.78. The van der Waals surface area contributed by atoms with Crippen molar-refractivity contribution < 1.29 is 14.3 Å². The van der Waals surface area contributed by atoms with E-state index in [1.807, 2.05) is 45.0 Å². The number of nitrogens with zero attached hydrogens (tertiary/aromatic N) is 2. The van der Waals surface area contributed by atoms with Crippen molar-refractivity contribution in [2.75, 3.05) is 26.7 Å². The number of nitrogens with one attached hydrogen (secondary N) is 2. The number of esters is 1. The van der Waals surface area contributed by atoms with Gasteiger partial charge in [0, 0.05) is 38.3 Å². The molecule has 1 aliphatic rings. The van der Waals surface area contributed by atoms with E-state index < -0.39 is 0 Å². The molecule has 1 aliphatic heterocycles. The molecule has 7 nitrogen and oxygen atoms in total. The minimum Gasteiger partial charge on any atom is -0.466 e. The summed E-state index contributed by atoms with van der Waals surface area (Å²) in [6.45, 7) is 8.42. The molecule has 0 aliphatic carbocycles. The van der Waals surface area contributed by atoms with Gasteiger partial charge in [-0.1, -0.05) is 19.1 Å². The van der Waals surface area contributed by atoms with Gasteiger partial charge in [0.15, 0.2) is 5.96 Å². The molecule has 0 spiro atoms. The third-order valence-electron chi connectivity index (χ3n) is 5.26. The lowest BCUT2D eigenvalue weighted by Gasteiger charge is -2.33. The quantitative estimate of drug-likeness (QED) is 0.245. The average molecular weight is 530 g/mol. The van der Waals surface area contributed by atoms with Crippen LogP contribution in [0, 0.1) is 5.92 Å². The predicted molar refractivity (Wildman–Crippen MR) is 130 cm³/mol. The first-order chi connectivity index (χ1) is 14.0. The third-order valence-corrected chi connectivity index (χ3v) is 5.26. The number of benzene rings is 1. The van der Waals surface area contributed by atoms with Crippen LogP contribution in [0.5, 0.6) is 0 Å². The molecule has 1 aromatic carbocycles. The Labute approximate surface area is 197 Å². The van der Waals surface area contributed by atoms with Crippen LogP contribution in [-0.4, -0.2) is 55.5 Å². The number of rotatable bonds is 7. The number of ether oxygens (including phenoxy) is 1. The Morgan fingerprint density at radius 1 is 1.27 bits per heavy atom. The number of aliphatic imine (C=N–C) groups is 1. The van der Waals surface area contributed by atoms with Gasteiger partial charge in [-0.05, 0) is 50.8 Å². The molecule has 2 rings (SSSR count). The highest BCUT2D eigenvalue weighted by molar-refractivity contribution is 14.0. The van der Waals surface area contributed by atoms with Gasteiger partial charge in [0.1, 0.15) is 0 Å². The molecule has 1 amide bonds. The molecule has 1 aromatic rings. The summed E-state index contributed by atoms with van der Waals surface area (Å²) in [5.74, 6) is 0.640. The fourth-order valence-electron chi connectivity index (χ4n) is 3.33. The summed E-state index contributed by atoms with van der Waals surface area (Å²) in [5, 5.41) is 6.36. The van der Waals surface area contributed by atoms with Gasteiger partial charge in [-0.25, -0.2) is 0 Å². The number of piperidine rings is 1. The van der Waals surface area contributed by atoms with Crippen molar-refractivity contribution in [3.63, 3.8) is 0 Å². The first-order valence-corrected chi connectivity index (χ1v) is 10.5. The fraction of sp³-hybridized carbons (Fsp3) is 0.591. The van der Waals surface area contributed by atoms with E-state index in [9.17, 15) is 9.59 Å². The maximum absolute atomic E-state index is 12.3. The number of carbonyl (C=O) groups is 2. The molecular formula is C22H35IN4O3. The summed E-state index contributed by atoms with van der Waals surface area (Å²) in [5.41, 5.74) is 1.68. The lowest BCUT2D eigenvalue weighted by molar-refractivity contribution is -0.149. The molecule has 0 radical (unpaired) electrons. The number of hydrogen-bond donors (Lipinski definition) is 2. The van der Waals surface area contributed by atoms with E-state index in [-0.39, 0.29) is 47.8 Å². The van der Waals surface area contributed by atoms with Crippen LogP contribution in [0.1, 0.15) is 56.0 Å². The Morgan fingerprint density at radius 2 is 1.97 bits per heavy atom. The van der Waals surface area contributed by atoms with Crippen molar-refractivity contribution in [3.8, 4) is 0 Å². The van der Waals surface area contributed by atoms with Crippen molar-refractivity contribution in [1.29, 1.82) is 0 Å². The van der Waals surface area contributed by atoms with Crippen LogP contribution in [-0.2, 0) is 16.1 Å². The van der Waals surface area contributed by atoms with Gasteiger partial charge in [0.25, 0.3) is 5.91 Å². The van der Waals surface area contributed by atoms with Crippen LogP contribution in [0.4, 0.5) is 0 Å². The number of carbonyl (C=O) groups excluding carboxylic acids is 2. The van der Waals surface area contributed by atoms with Crippen LogP contribution >= 0.6 is 24.0 Å². The van der Waals surface area contributed by atoms with Gasteiger partial charge in [-0.15, -0.1) is 24.0 Å². The summed E-state index contributed by atoms with van der Waals surface area (Å²) in [7, 11) is 1.76. The molecule has 0 bridgehead atoms. The highest BCUT2D eigenvalue weighted by atomic mass is 127. The summed E-state index contributed by atoms with van der Waals surface area (Å²) >= 11 is 0. The van der Waals surface area contributed by atoms with Crippen molar-refractivity contribution in [2.45, 2.75) is 52.6 Å². The van der Waals surface area contributed by atoms with Crippen molar-refractivity contribution >= 4 is 41.8 Å². The number of hydrogen-bond acceptors (Lipinski definition) is 4. The van der Waals surface area contributed by atoms with Crippen LogP contribution < -0.4 is 10.6 Å². The molecule has 1 fully saturated rings. The molecule has 1 unspecified atom stereocenters. The molecule has 1 atom stereocenters. The Kier molecular flexibility index (Phi) is 11.8. The van der Waals surface area contributed by atoms with E-state index >= 15 is 0 Å². The molecule has 1 saturated heterocycles. The molecule has 2 N–H and O–H groups in total. The van der Waals surface area contributed by atoms with E-state index in [0.717, 1.165) is 43.9 Å². The largest absolute Gasteiger partial charge is 0.466 e. The first-order valence-electron chi connectivity index (χ1n) is 10.5. The topological polar surface area (TPSA) is 83.0 Å². The maximum Gasteiger partial charge on any atom is 0.309 e. The zero-order valence-corrected chi connectivity index (χ0v) is 20.8. The van der Waals surface area contributed by atoms with Gasteiger partial charge in [0.2, 0.25) is 0 Å². The molecule has 8 heteroatoms.